The highest BCUT2D eigenvalue weighted by Crippen LogP contribution is 2.30. The molecule has 1 saturated heterocycles. The summed E-state index contributed by atoms with van der Waals surface area (Å²) in [6.45, 7) is 5.62. The van der Waals surface area contributed by atoms with Crippen LogP contribution < -0.4 is 0 Å². The Morgan fingerprint density at radius 3 is 2.81 bits per heavy atom. The van der Waals surface area contributed by atoms with Crippen LogP contribution >= 0.6 is 23.1 Å². The van der Waals surface area contributed by atoms with Crippen molar-refractivity contribution in [3.8, 4) is 5.13 Å². The first-order chi connectivity index (χ1) is 12.9. The molecule has 0 aliphatic carbocycles. The number of hydrogen-bond acceptors (Lipinski definition) is 7. The highest BCUT2D eigenvalue weighted by molar-refractivity contribution is 8.04. The number of ketones is 1. The molecule has 1 amide bonds. The van der Waals surface area contributed by atoms with Crippen LogP contribution in [0.4, 0.5) is 0 Å². The van der Waals surface area contributed by atoms with Gasteiger partial charge in [0, 0.05) is 28.5 Å². The molecule has 2 aromatic heterocycles. The van der Waals surface area contributed by atoms with Crippen molar-refractivity contribution < 1.29 is 19.1 Å². The van der Waals surface area contributed by atoms with E-state index in [4.69, 9.17) is 4.74 Å². The minimum Gasteiger partial charge on any atom is -0.463 e. The number of nitrogens with zero attached hydrogens (tertiary/aromatic N) is 3. The van der Waals surface area contributed by atoms with Gasteiger partial charge in [-0.25, -0.2) is 9.78 Å². The highest BCUT2D eigenvalue weighted by atomic mass is 32.2. The maximum atomic E-state index is 12.9. The fourth-order valence-corrected chi connectivity index (χ4v) is 4.56. The van der Waals surface area contributed by atoms with E-state index in [0.29, 0.717) is 10.6 Å². The Morgan fingerprint density at radius 1 is 1.37 bits per heavy atom. The molecule has 27 heavy (non-hydrogen) atoms. The van der Waals surface area contributed by atoms with Gasteiger partial charge >= 0.3 is 5.97 Å². The van der Waals surface area contributed by atoms with Gasteiger partial charge in [-0.15, -0.1) is 11.3 Å². The zero-order valence-corrected chi connectivity index (χ0v) is 16.9. The molecular weight excluding hydrogens is 386 g/mol. The summed E-state index contributed by atoms with van der Waals surface area (Å²) in [7, 11) is 0. The van der Waals surface area contributed by atoms with Gasteiger partial charge in [0.2, 0.25) is 5.91 Å². The van der Waals surface area contributed by atoms with E-state index in [2.05, 4.69) is 4.98 Å². The molecule has 0 spiro atoms. The zero-order valence-electron chi connectivity index (χ0n) is 15.2. The SMILES string of the molecule is CCOC(=O)C=C1SCC(=O)N1CC(=O)c1cc(C)n(-c2nccs2)c1C. The number of carbonyl (C=O) groups is 3. The molecule has 0 N–H and O–H groups in total. The quantitative estimate of drug-likeness (QED) is 0.418. The normalized spacial score (nSPS) is 15.6. The number of carbonyl (C=O) groups excluding carboxylic acids is 3. The molecule has 0 unspecified atom stereocenters. The van der Waals surface area contributed by atoms with Crippen LogP contribution in [-0.4, -0.2) is 51.0 Å². The largest absolute Gasteiger partial charge is 0.463 e. The molecule has 1 aliphatic heterocycles. The maximum absolute atomic E-state index is 12.9. The Bertz CT molecular complexity index is 915. The first-order valence-electron chi connectivity index (χ1n) is 8.36. The maximum Gasteiger partial charge on any atom is 0.333 e. The van der Waals surface area contributed by atoms with Crippen molar-refractivity contribution in [3.63, 3.8) is 0 Å². The predicted molar refractivity (Wildman–Crippen MR) is 104 cm³/mol. The lowest BCUT2D eigenvalue weighted by atomic mass is 10.1. The van der Waals surface area contributed by atoms with Crippen LogP contribution in [0, 0.1) is 13.8 Å². The minimum absolute atomic E-state index is 0.112. The van der Waals surface area contributed by atoms with Crippen molar-refractivity contribution in [1.82, 2.24) is 14.5 Å². The Labute approximate surface area is 165 Å². The standard InChI is InChI=1S/C18H19N3O4S2/c1-4-25-17(24)8-16-20(15(23)10-27-16)9-14(22)13-7-11(2)21(12(13)3)18-19-5-6-26-18/h5-8H,4,9-10H2,1-3H3. The number of aromatic nitrogens is 2. The van der Waals surface area contributed by atoms with E-state index in [9.17, 15) is 14.4 Å². The summed E-state index contributed by atoms with van der Waals surface area (Å²) in [4.78, 5) is 42.4. The second-order valence-corrected chi connectivity index (χ2v) is 7.73. The van der Waals surface area contributed by atoms with Crippen LogP contribution in [0.2, 0.25) is 0 Å². The number of ether oxygens (including phenoxy) is 1. The molecule has 7 nitrogen and oxygen atoms in total. The molecule has 0 aromatic carbocycles. The van der Waals surface area contributed by atoms with Crippen molar-refractivity contribution in [1.29, 1.82) is 0 Å². The lowest BCUT2D eigenvalue weighted by Crippen LogP contribution is -2.31. The molecule has 0 atom stereocenters. The number of rotatable bonds is 6. The van der Waals surface area contributed by atoms with Gasteiger partial charge in [-0.05, 0) is 26.8 Å². The number of hydrogen-bond donors (Lipinski definition) is 0. The molecular formula is C18H19N3O4S2. The van der Waals surface area contributed by atoms with Crippen LogP contribution in [0.5, 0.6) is 0 Å². The lowest BCUT2D eigenvalue weighted by Gasteiger charge is -2.16. The van der Waals surface area contributed by atoms with Gasteiger partial charge in [0.15, 0.2) is 10.9 Å². The molecule has 2 aromatic rings. The van der Waals surface area contributed by atoms with Crippen molar-refractivity contribution in [2.75, 3.05) is 18.9 Å². The Morgan fingerprint density at radius 2 is 2.15 bits per heavy atom. The molecule has 0 bridgehead atoms. The summed E-state index contributed by atoms with van der Waals surface area (Å²) in [5.74, 6) is -0.695. The summed E-state index contributed by atoms with van der Waals surface area (Å²) in [6, 6.07) is 1.81. The van der Waals surface area contributed by atoms with Crippen molar-refractivity contribution in [2.24, 2.45) is 0 Å². The molecule has 1 fully saturated rings. The molecule has 142 valence electrons. The first-order valence-corrected chi connectivity index (χ1v) is 10.2. The minimum atomic E-state index is -0.519. The number of amides is 1. The van der Waals surface area contributed by atoms with Gasteiger partial charge < -0.3 is 4.74 Å². The summed E-state index contributed by atoms with van der Waals surface area (Å²) < 4.78 is 6.82. The molecule has 0 saturated carbocycles. The smallest absolute Gasteiger partial charge is 0.333 e. The zero-order chi connectivity index (χ0) is 19.6. The van der Waals surface area contributed by atoms with Crippen molar-refractivity contribution in [2.45, 2.75) is 20.8 Å². The first kappa shape index (κ1) is 19.4. The van der Waals surface area contributed by atoms with E-state index >= 15 is 0 Å². The topological polar surface area (TPSA) is 81.5 Å². The number of thioether (sulfide) groups is 1. The summed E-state index contributed by atoms with van der Waals surface area (Å²) >= 11 is 2.72. The fraction of sp³-hybridized carbons (Fsp3) is 0.333. The van der Waals surface area contributed by atoms with Crippen LogP contribution in [0.25, 0.3) is 5.13 Å². The van der Waals surface area contributed by atoms with Gasteiger partial charge in [-0.2, -0.15) is 0 Å². The van der Waals surface area contributed by atoms with E-state index in [1.165, 1.54) is 34.1 Å². The third-order valence-corrected chi connectivity index (χ3v) is 5.86. The number of thiazole rings is 1. The predicted octanol–water partition coefficient (Wildman–Crippen LogP) is 2.71. The molecule has 1 aliphatic rings. The van der Waals surface area contributed by atoms with Crippen molar-refractivity contribution >= 4 is 40.8 Å². The molecule has 0 radical (unpaired) electrons. The summed E-state index contributed by atoms with van der Waals surface area (Å²) in [5, 5.41) is 3.11. The third kappa shape index (κ3) is 3.98. The molecule has 9 heteroatoms. The van der Waals surface area contributed by atoms with Crippen LogP contribution in [0.15, 0.2) is 28.7 Å². The van der Waals surface area contributed by atoms with Crippen molar-refractivity contribution in [3.05, 3.63) is 45.7 Å². The third-order valence-electron chi connectivity index (χ3n) is 4.08. The number of aryl methyl sites for hydroxylation is 1. The summed E-state index contributed by atoms with van der Waals surface area (Å²) in [5.41, 5.74) is 2.22. The Balaban J connectivity index is 1.83. The monoisotopic (exact) mass is 405 g/mol. The second-order valence-electron chi connectivity index (χ2n) is 5.86. The second kappa shape index (κ2) is 8.10. The summed E-state index contributed by atoms with van der Waals surface area (Å²) in [6.07, 6.45) is 2.98. The highest BCUT2D eigenvalue weighted by Gasteiger charge is 2.30. The lowest BCUT2D eigenvalue weighted by molar-refractivity contribution is -0.137. The van der Waals surface area contributed by atoms with Crippen LogP contribution in [-0.2, 0) is 14.3 Å². The van der Waals surface area contributed by atoms with E-state index < -0.39 is 5.97 Å². The Kier molecular flexibility index (Phi) is 5.81. The van der Waals surface area contributed by atoms with Gasteiger partial charge in [0.25, 0.3) is 0 Å². The molecule has 3 rings (SSSR count). The van der Waals surface area contributed by atoms with E-state index in [0.717, 1.165) is 16.5 Å². The Hall–Kier alpha value is -2.39. The van der Waals surface area contributed by atoms with Crippen LogP contribution in [0.1, 0.15) is 28.7 Å². The fourth-order valence-electron chi connectivity index (χ4n) is 2.88. The van der Waals surface area contributed by atoms with Gasteiger partial charge in [0.05, 0.1) is 30.0 Å². The van der Waals surface area contributed by atoms with E-state index in [-0.39, 0.29) is 30.6 Å². The number of esters is 1. The number of Topliss-reactive ketones (excluding diaryl/α,β-unsaturated/α-hetero) is 1. The van der Waals surface area contributed by atoms with Gasteiger partial charge in [-0.3, -0.25) is 19.1 Å². The van der Waals surface area contributed by atoms with E-state index in [1.54, 1.807) is 13.1 Å². The molecule has 3 heterocycles. The average Bonchev–Trinajstić information content (AvgIpc) is 3.31. The average molecular weight is 406 g/mol. The van der Waals surface area contributed by atoms with Crippen LogP contribution in [0.3, 0.4) is 0 Å². The van der Waals surface area contributed by atoms with E-state index in [1.807, 2.05) is 29.9 Å². The van der Waals surface area contributed by atoms with Gasteiger partial charge in [0.1, 0.15) is 0 Å². The van der Waals surface area contributed by atoms with Gasteiger partial charge in [-0.1, -0.05) is 11.8 Å².